The van der Waals surface area contributed by atoms with Crippen LogP contribution in [0.1, 0.15) is 0 Å². The molecule has 0 saturated carbocycles. The number of anilines is 2. The highest BCUT2D eigenvalue weighted by atomic mass is 79.9. The fourth-order valence-electron chi connectivity index (χ4n) is 2.66. The Bertz CT molecular complexity index is 1050. The van der Waals surface area contributed by atoms with E-state index in [2.05, 4.69) is 20.7 Å². The minimum atomic E-state index is -3.86. The van der Waals surface area contributed by atoms with Gasteiger partial charge in [0.05, 0.1) is 15.1 Å². The van der Waals surface area contributed by atoms with Gasteiger partial charge in [0.2, 0.25) is 0 Å². The summed E-state index contributed by atoms with van der Waals surface area (Å²) in [5, 5.41) is 1.44. The van der Waals surface area contributed by atoms with E-state index in [1.165, 1.54) is 12.1 Å². The van der Waals surface area contributed by atoms with Crippen LogP contribution in [0.3, 0.4) is 0 Å². The van der Waals surface area contributed by atoms with Crippen LogP contribution < -0.4 is 9.62 Å². The normalized spacial score (nSPS) is 11.5. The minimum Gasteiger partial charge on any atom is -0.377 e. The smallest absolute Gasteiger partial charge is 0.262 e. The van der Waals surface area contributed by atoms with Crippen LogP contribution in [0.15, 0.2) is 64.0 Å². The van der Waals surface area contributed by atoms with E-state index in [-0.39, 0.29) is 15.1 Å². The second-order valence-corrected chi connectivity index (χ2v) is 8.26. The van der Waals surface area contributed by atoms with Gasteiger partial charge in [0.15, 0.2) is 0 Å². The molecule has 0 aliphatic carbocycles. The molecule has 7 heteroatoms. The summed E-state index contributed by atoms with van der Waals surface area (Å²) in [6.07, 6.45) is 0. The average molecular weight is 423 g/mol. The van der Waals surface area contributed by atoms with E-state index in [1.54, 1.807) is 18.2 Å². The number of hydrogen-bond acceptors (Lipinski definition) is 3. The van der Waals surface area contributed by atoms with Crippen molar-refractivity contribution >= 4 is 48.1 Å². The number of sulfonamides is 1. The largest absolute Gasteiger partial charge is 0.377 e. The average Bonchev–Trinajstić information content (AvgIpc) is 2.56. The first-order chi connectivity index (χ1) is 11.8. The predicted molar refractivity (Wildman–Crippen MR) is 103 cm³/mol. The van der Waals surface area contributed by atoms with Crippen molar-refractivity contribution in [2.75, 3.05) is 23.7 Å². The summed E-state index contributed by atoms with van der Waals surface area (Å²) in [5.41, 5.74) is 1.09. The second-order valence-electron chi connectivity index (χ2n) is 5.76. The first kappa shape index (κ1) is 17.7. The Kier molecular flexibility index (Phi) is 4.71. The highest BCUT2D eigenvalue weighted by Gasteiger charge is 2.19. The van der Waals surface area contributed by atoms with Gasteiger partial charge >= 0.3 is 0 Å². The maximum absolute atomic E-state index is 13.7. The molecule has 4 nitrogen and oxygen atoms in total. The Balaban J connectivity index is 2.11. The molecule has 0 aromatic heterocycles. The van der Waals surface area contributed by atoms with Gasteiger partial charge in [-0.05, 0) is 46.3 Å². The third-order valence-electron chi connectivity index (χ3n) is 3.80. The van der Waals surface area contributed by atoms with Crippen molar-refractivity contribution in [3.05, 3.63) is 64.9 Å². The zero-order valence-electron chi connectivity index (χ0n) is 13.6. The van der Waals surface area contributed by atoms with Crippen LogP contribution in [-0.4, -0.2) is 22.5 Å². The van der Waals surface area contributed by atoms with Crippen LogP contribution in [0.5, 0.6) is 0 Å². The highest BCUT2D eigenvalue weighted by molar-refractivity contribution is 9.10. The van der Waals surface area contributed by atoms with Crippen molar-refractivity contribution < 1.29 is 12.8 Å². The molecule has 130 valence electrons. The number of hydrogen-bond donors (Lipinski definition) is 1. The maximum atomic E-state index is 13.7. The summed E-state index contributed by atoms with van der Waals surface area (Å²) < 4.78 is 42.0. The third-order valence-corrected chi connectivity index (χ3v) is 5.88. The van der Waals surface area contributed by atoms with Crippen LogP contribution in [0.4, 0.5) is 15.8 Å². The van der Waals surface area contributed by atoms with Crippen LogP contribution in [0.25, 0.3) is 10.8 Å². The number of fused-ring (bicyclic) bond motifs is 1. The molecule has 25 heavy (non-hydrogen) atoms. The Morgan fingerprint density at radius 2 is 1.68 bits per heavy atom. The molecule has 0 atom stereocenters. The van der Waals surface area contributed by atoms with Gasteiger partial charge in [-0.3, -0.25) is 4.72 Å². The number of nitrogens with zero attached hydrogens (tertiary/aromatic N) is 1. The molecule has 0 amide bonds. The lowest BCUT2D eigenvalue weighted by atomic mass is 10.1. The van der Waals surface area contributed by atoms with Gasteiger partial charge in [0, 0.05) is 30.6 Å². The van der Waals surface area contributed by atoms with E-state index in [0.717, 1.165) is 17.1 Å². The van der Waals surface area contributed by atoms with Gasteiger partial charge in [-0.2, -0.15) is 0 Å². The molecule has 0 spiro atoms. The van der Waals surface area contributed by atoms with E-state index < -0.39 is 15.8 Å². The van der Waals surface area contributed by atoms with Crippen molar-refractivity contribution in [3.8, 4) is 0 Å². The van der Waals surface area contributed by atoms with Gasteiger partial charge in [-0.1, -0.05) is 24.3 Å². The van der Waals surface area contributed by atoms with Crippen LogP contribution in [0.2, 0.25) is 0 Å². The van der Waals surface area contributed by atoms with Crippen LogP contribution >= 0.6 is 15.9 Å². The monoisotopic (exact) mass is 422 g/mol. The van der Waals surface area contributed by atoms with Crippen molar-refractivity contribution in [2.45, 2.75) is 4.90 Å². The molecule has 0 unspecified atom stereocenters. The third kappa shape index (κ3) is 3.48. The molecule has 3 aromatic rings. The lowest BCUT2D eigenvalue weighted by Gasteiger charge is -2.17. The minimum absolute atomic E-state index is 0.150. The molecule has 1 N–H and O–H groups in total. The summed E-state index contributed by atoms with van der Waals surface area (Å²) >= 11 is 3.05. The highest BCUT2D eigenvalue weighted by Crippen LogP contribution is 2.31. The molecule has 0 fully saturated rings. The van der Waals surface area contributed by atoms with E-state index in [9.17, 15) is 12.8 Å². The van der Waals surface area contributed by atoms with Crippen molar-refractivity contribution in [1.82, 2.24) is 0 Å². The van der Waals surface area contributed by atoms with Crippen LogP contribution in [-0.2, 0) is 10.0 Å². The lowest BCUT2D eigenvalue weighted by molar-refractivity contribution is 0.602. The van der Waals surface area contributed by atoms with Gasteiger partial charge in [0.1, 0.15) is 5.82 Å². The fourth-order valence-corrected chi connectivity index (χ4v) is 4.18. The van der Waals surface area contributed by atoms with E-state index >= 15 is 0 Å². The first-order valence-electron chi connectivity index (χ1n) is 7.46. The molecule has 0 radical (unpaired) electrons. The number of halogens is 2. The molecule has 0 aliphatic heterocycles. The molecular weight excluding hydrogens is 407 g/mol. The van der Waals surface area contributed by atoms with Gasteiger partial charge in [-0.15, -0.1) is 0 Å². The maximum Gasteiger partial charge on any atom is 0.262 e. The van der Waals surface area contributed by atoms with Gasteiger partial charge in [-0.25, -0.2) is 12.8 Å². The van der Waals surface area contributed by atoms with E-state index in [1.807, 2.05) is 37.2 Å². The Hall–Kier alpha value is -2.12. The standard InChI is InChI=1S/C18H16BrFN2O2S/c1-22(2)17-7-3-6-14-13(17)5-4-8-18(14)25(23,24)21-12-9-10-15(19)16(20)11-12/h3-11,21H,1-2H3. The summed E-state index contributed by atoms with van der Waals surface area (Å²) in [6.45, 7) is 0. The Morgan fingerprint density at radius 3 is 2.36 bits per heavy atom. The summed E-state index contributed by atoms with van der Waals surface area (Å²) in [5.74, 6) is -0.534. The Labute approximate surface area is 154 Å². The van der Waals surface area contributed by atoms with Gasteiger partial charge in [0.25, 0.3) is 10.0 Å². The number of nitrogens with one attached hydrogen (secondary N) is 1. The predicted octanol–water partition coefficient (Wildman–Crippen LogP) is 4.61. The second kappa shape index (κ2) is 6.65. The quantitative estimate of drug-likeness (QED) is 0.667. The first-order valence-corrected chi connectivity index (χ1v) is 9.74. The SMILES string of the molecule is CN(C)c1cccc2c(S(=O)(=O)Nc3ccc(Br)c(F)c3)cccc12. The molecule has 0 bridgehead atoms. The molecule has 0 saturated heterocycles. The topological polar surface area (TPSA) is 49.4 Å². The lowest BCUT2D eigenvalue weighted by Crippen LogP contribution is -2.14. The molecule has 0 aliphatic rings. The summed E-state index contributed by atoms with van der Waals surface area (Å²) in [7, 11) is -0.0593. The van der Waals surface area contributed by atoms with Gasteiger partial charge < -0.3 is 4.90 Å². The summed E-state index contributed by atoms with van der Waals surface area (Å²) in [4.78, 5) is 2.08. The molecule has 3 aromatic carbocycles. The van der Waals surface area contributed by atoms with E-state index in [4.69, 9.17) is 0 Å². The summed E-state index contributed by atoms with van der Waals surface area (Å²) in [6, 6.07) is 14.7. The molecule has 0 heterocycles. The molecular formula is C18H16BrFN2O2S. The van der Waals surface area contributed by atoms with Crippen molar-refractivity contribution in [3.63, 3.8) is 0 Å². The van der Waals surface area contributed by atoms with E-state index in [0.29, 0.717) is 5.39 Å². The zero-order chi connectivity index (χ0) is 18.2. The number of rotatable bonds is 4. The van der Waals surface area contributed by atoms with Crippen molar-refractivity contribution in [2.24, 2.45) is 0 Å². The molecule has 3 rings (SSSR count). The number of benzene rings is 3. The fraction of sp³-hybridized carbons (Fsp3) is 0.111. The zero-order valence-corrected chi connectivity index (χ0v) is 16.0. The van der Waals surface area contributed by atoms with Crippen LogP contribution in [0, 0.1) is 5.82 Å². The van der Waals surface area contributed by atoms with Crippen molar-refractivity contribution in [1.29, 1.82) is 0 Å². The Morgan fingerprint density at radius 1 is 1.00 bits per heavy atom.